The minimum Gasteiger partial charge on any atom is -0.481 e. The zero-order valence-corrected chi connectivity index (χ0v) is 7.40. The van der Waals surface area contributed by atoms with Crippen LogP contribution in [0.2, 0.25) is 0 Å². The monoisotopic (exact) mass is 182 g/mol. The fourth-order valence-electron chi connectivity index (χ4n) is 0.768. The van der Waals surface area contributed by atoms with Crippen LogP contribution in [0.15, 0.2) is 18.3 Å². The number of pyridine rings is 1. The van der Waals surface area contributed by atoms with E-state index in [1.54, 1.807) is 12.1 Å². The second kappa shape index (κ2) is 4.30. The van der Waals surface area contributed by atoms with E-state index in [1.807, 2.05) is 0 Å². The highest BCUT2D eigenvalue weighted by atomic mass is 16.5. The van der Waals surface area contributed by atoms with Crippen molar-refractivity contribution in [2.45, 2.75) is 0 Å². The Bertz CT molecular complexity index is 301. The Morgan fingerprint density at radius 3 is 2.92 bits per heavy atom. The number of nitrogens with zero attached hydrogens (tertiary/aromatic N) is 1. The molecule has 0 saturated carbocycles. The van der Waals surface area contributed by atoms with Crippen molar-refractivity contribution in [3.8, 4) is 5.88 Å². The topological polar surface area (TPSA) is 60.5 Å². The molecule has 0 spiro atoms. The van der Waals surface area contributed by atoms with Gasteiger partial charge in [-0.25, -0.2) is 9.78 Å². The highest BCUT2D eigenvalue weighted by molar-refractivity contribution is 5.84. The molecule has 1 aromatic rings. The first-order valence-electron chi connectivity index (χ1n) is 3.61. The van der Waals surface area contributed by atoms with Crippen molar-refractivity contribution in [1.82, 2.24) is 4.98 Å². The molecule has 0 aliphatic carbocycles. The van der Waals surface area contributed by atoms with Gasteiger partial charge < -0.3 is 9.47 Å². The van der Waals surface area contributed by atoms with Gasteiger partial charge in [0, 0.05) is 12.3 Å². The standard InChI is InChI=1S/C8H10N2O3/c1-12-7-5-6(3-4-9-7)10-8(11)13-2/h3-5H,1-2H3,(H,9,10,11). The molecule has 0 unspecified atom stereocenters. The Hall–Kier alpha value is -1.78. The molecular formula is C8H10N2O3. The molecule has 0 saturated heterocycles. The van der Waals surface area contributed by atoms with E-state index in [0.717, 1.165) is 0 Å². The first-order chi connectivity index (χ1) is 6.26. The summed E-state index contributed by atoms with van der Waals surface area (Å²) in [5.41, 5.74) is 0.582. The summed E-state index contributed by atoms with van der Waals surface area (Å²) in [5, 5.41) is 2.49. The lowest BCUT2D eigenvalue weighted by molar-refractivity contribution is 0.187. The largest absolute Gasteiger partial charge is 0.481 e. The smallest absolute Gasteiger partial charge is 0.411 e. The molecule has 1 N–H and O–H groups in total. The summed E-state index contributed by atoms with van der Waals surface area (Å²) in [6.45, 7) is 0. The number of amides is 1. The Kier molecular flexibility index (Phi) is 3.08. The van der Waals surface area contributed by atoms with E-state index in [2.05, 4.69) is 15.0 Å². The fraction of sp³-hybridized carbons (Fsp3) is 0.250. The number of aromatic nitrogens is 1. The molecule has 0 radical (unpaired) electrons. The predicted molar refractivity (Wildman–Crippen MR) is 46.8 cm³/mol. The molecule has 1 aromatic heterocycles. The number of anilines is 1. The molecule has 5 nitrogen and oxygen atoms in total. The van der Waals surface area contributed by atoms with Crippen molar-refractivity contribution in [3.63, 3.8) is 0 Å². The van der Waals surface area contributed by atoms with Crippen molar-refractivity contribution in [1.29, 1.82) is 0 Å². The summed E-state index contributed by atoms with van der Waals surface area (Å²) < 4.78 is 9.28. The van der Waals surface area contributed by atoms with E-state index in [4.69, 9.17) is 4.74 Å². The number of hydrogen-bond donors (Lipinski definition) is 1. The SMILES string of the molecule is COC(=O)Nc1ccnc(OC)c1. The molecule has 0 aliphatic rings. The Labute approximate surface area is 75.7 Å². The van der Waals surface area contributed by atoms with Crippen LogP contribution in [0.3, 0.4) is 0 Å². The van der Waals surface area contributed by atoms with Crippen LogP contribution in [0.4, 0.5) is 10.5 Å². The van der Waals surface area contributed by atoms with Crippen molar-refractivity contribution in [3.05, 3.63) is 18.3 Å². The van der Waals surface area contributed by atoms with Crippen LogP contribution in [0.5, 0.6) is 5.88 Å². The van der Waals surface area contributed by atoms with Crippen LogP contribution in [0, 0.1) is 0 Å². The molecule has 13 heavy (non-hydrogen) atoms. The number of methoxy groups -OCH3 is 2. The zero-order chi connectivity index (χ0) is 9.68. The predicted octanol–water partition coefficient (Wildman–Crippen LogP) is 1.27. The van der Waals surface area contributed by atoms with Crippen molar-refractivity contribution in [2.24, 2.45) is 0 Å². The maximum absolute atomic E-state index is 10.8. The highest BCUT2D eigenvalue weighted by Gasteiger charge is 2.01. The van der Waals surface area contributed by atoms with Gasteiger partial charge in [0.05, 0.1) is 19.9 Å². The lowest BCUT2D eigenvalue weighted by Gasteiger charge is -2.04. The third kappa shape index (κ3) is 2.62. The fourth-order valence-corrected chi connectivity index (χ4v) is 0.768. The van der Waals surface area contributed by atoms with Crippen molar-refractivity contribution >= 4 is 11.8 Å². The number of carbonyl (C=O) groups excluding carboxylic acids is 1. The summed E-state index contributed by atoms with van der Waals surface area (Å²) >= 11 is 0. The normalized spacial score (nSPS) is 9.08. The molecule has 70 valence electrons. The van der Waals surface area contributed by atoms with Gasteiger partial charge in [0.2, 0.25) is 5.88 Å². The minimum absolute atomic E-state index is 0.439. The van der Waals surface area contributed by atoms with Crippen molar-refractivity contribution in [2.75, 3.05) is 19.5 Å². The zero-order valence-electron chi connectivity index (χ0n) is 7.40. The van der Waals surface area contributed by atoms with E-state index in [-0.39, 0.29) is 0 Å². The molecule has 0 aliphatic heterocycles. The third-order valence-electron chi connectivity index (χ3n) is 1.38. The van der Waals surface area contributed by atoms with Crippen LogP contribution >= 0.6 is 0 Å². The van der Waals surface area contributed by atoms with Gasteiger partial charge in [-0.1, -0.05) is 0 Å². The number of hydrogen-bond acceptors (Lipinski definition) is 4. The van der Waals surface area contributed by atoms with Crippen LogP contribution in [-0.4, -0.2) is 25.3 Å². The second-order valence-electron chi connectivity index (χ2n) is 2.20. The van der Waals surface area contributed by atoms with Gasteiger partial charge in [0.15, 0.2) is 0 Å². The Morgan fingerprint density at radius 1 is 1.54 bits per heavy atom. The van der Waals surface area contributed by atoms with Gasteiger partial charge in [0.25, 0.3) is 0 Å². The average Bonchev–Trinajstić information content (AvgIpc) is 2.18. The van der Waals surface area contributed by atoms with Gasteiger partial charge in [-0.15, -0.1) is 0 Å². The molecule has 1 amide bonds. The van der Waals surface area contributed by atoms with Gasteiger partial charge in [-0.3, -0.25) is 5.32 Å². The summed E-state index contributed by atoms with van der Waals surface area (Å²) in [5.74, 6) is 0.439. The molecule has 0 fully saturated rings. The lowest BCUT2D eigenvalue weighted by atomic mass is 10.4. The van der Waals surface area contributed by atoms with E-state index >= 15 is 0 Å². The highest BCUT2D eigenvalue weighted by Crippen LogP contribution is 2.13. The van der Waals surface area contributed by atoms with Crippen LogP contribution in [0.25, 0.3) is 0 Å². The lowest BCUT2D eigenvalue weighted by Crippen LogP contribution is -2.10. The number of carbonyl (C=O) groups is 1. The maximum Gasteiger partial charge on any atom is 0.411 e. The molecule has 1 heterocycles. The summed E-state index contributed by atoms with van der Waals surface area (Å²) in [7, 11) is 2.80. The van der Waals surface area contributed by atoms with Gasteiger partial charge in [-0.2, -0.15) is 0 Å². The maximum atomic E-state index is 10.8. The van der Waals surface area contributed by atoms with Gasteiger partial charge in [-0.05, 0) is 6.07 Å². The number of ether oxygens (including phenoxy) is 2. The summed E-state index contributed by atoms with van der Waals surface area (Å²) in [6.07, 6.45) is 1.01. The van der Waals surface area contributed by atoms with E-state index in [0.29, 0.717) is 11.6 Å². The molecule has 5 heteroatoms. The molecule has 0 bridgehead atoms. The molecule has 1 rings (SSSR count). The first-order valence-corrected chi connectivity index (χ1v) is 3.61. The molecular weight excluding hydrogens is 172 g/mol. The van der Waals surface area contributed by atoms with Gasteiger partial charge >= 0.3 is 6.09 Å². The van der Waals surface area contributed by atoms with E-state index in [9.17, 15) is 4.79 Å². The first kappa shape index (κ1) is 9.31. The molecule has 0 aromatic carbocycles. The Morgan fingerprint density at radius 2 is 2.31 bits per heavy atom. The summed E-state index contributed by atoms with van der Waals surface area (Å²) in [6, 6.07) is 3.23. The second-order valence-corrected chi connectivity index (χ2v) is 2.20. The summed E-state index contributed by atoms with van der Waals surface area (Å²) in [4.78, 5) is 14.7. The number of rotatable bonds is 2. The quantitative estimate of drug-likeness (QED) is 0.748. The number of nitrogens with one attached hydrogen (secondary N) is 1. The van der Waals surface area contributed by atoms with Crippen molar-refractivity contribution < 1.29 is 14.3 Å². The van der Waals surface area contributed by atoms with E-state index < -0.39 is 6.09 Å². The van der Waals surface area contributed by atoms with Crippen LogP contribution in [-0.2, 0) is 4.74 Å². The minimum atomic E-state index is -0.520. The van der Waals surface area contributed by atoms with Crippen LogP contribution in [0.1, 0.15) is 0 Å². The van der Waals surface area contributed by atoms with Crippen LogP contribution < -0.4 is 10.1 Å². The Balaban J connectivity index is 2.71. The molecule has 0 atom stereocenters. The third-order valence-corrected chi connectivity index (χ3v) is 1.38. The average molecular weight is 182 g/mol. The van der Waals surface area contributed by atoms with Gasteiger partial charge in [0.1, 0.15) is 0 Å². The van der Waals surface area contributed by atoms with E-state index in [1.165, 1.54) is 20.4 Å².